The molecule has 6 heteroatoms. The molecule has 0 aliphatic rings. The van der Waals surface area contributed by atoms with Gasteiger partial charge in [0.15, 0.2) is 11.0 Å². The lowest BCUT2D eigenvalue weighted by atomic mass is 10.0. The van der Waals surface area contributed by atoms with E-state index in [1.165, 1.54) is 5.56 Å². The zero-order valence-electron chi connectivity index (χ0n) is 22.5. The van der Waals surface area contributed by atoms with Crippen LogP contribution < -0.4 is 10.2 Å². The van der Waals surface area contributed by atoms with E-state index in [-0.39, 0.29) is 23.2 Å². The third-order valence-corrected chi connectivity index (χ3v) is 6.94. The first-order valence-corrected chi connectivity index (χ1v) is 13.1. The van der Waals surface area contributed by atoms with Crippen LogP contribution >= 0.6 is 0 Å². The van der Waals surface area contributed by atoms with Gasteiger partial charge in [-0.3, -0.25) is 4.79 Å². The van der Waals surface area contributed by atoms with Crippen LogP contribution in [0, 0.1) is 6.92 Å². The molecular formula is C32H35NO5. The highest BCUT2D eigenvalue weighted by Crippen LogP contribution is 2.27. The molecule has 198 valence electrons. The Morgan fingerprint density at radius 1 is 1.00 bits per heavy atom. The molecule has 0 aliphatic carbocycles. The summed E-state index contributed by atoms with van der Waals surface area (Å²) in [6, 6.07) is 23.0. The number of benzene rings is 3. The van der Waals surface area contributed by atoms with Gasteiger partial charge in [0, 0.05) is 23.7 Å². The first kappa shape index (κ1) is 27.1. The topological polar surface area (TPSA) is 69.0 Å². The molecular weight excluding hydrogens is 478 g/mol. The summed E-state index contributed by atoms with van der Waals surface area (Å²) in [4.78, 5) is 28.5. The van der Waals surface area contributed by atoms with Crippen LogP contribution in [0.15, 0.2) is 82.0 Å². The lowest BCUT2D eigenvalue weighted by Crippen LogP contribution is -2.35. The van der Waals surface area contributed by atoms with Gasteiger partial charge in [-0.25, -0.2) is 4.79 Å². The monoisotopic (exact) mass is 513 g/mol. The average Bonchev–Trinajstić information content (AvgIpc) is 2.95. The predicted octanol–water partition coefficient (Wildman–Crippen LogP) is 6.28. The standard InChI is InChI=1S/C32H35NO5/c1-5-33(22(2)21-24-15-17-26(36-4)18-16-24)19-10-20-37-32(35)28-14-9-13-27-29(34)23(3)30(38-31(27)28)25-11-7-6-8-12-25/h6-9,11-18,22H,5,10,19-21H2,1-4H3. The molecule has 1 aromatic heterocycles. The van der Waals surface area contributed by atoms with Crippen LogP contribution in [0.25, 0.3) is 22.3 Å². The van der Waals surface area contributed by atoms with Crippen LogP contribution in [0.5, 0.6) is 5.75 Å². The van der Waals surface area contributed by atoms with Gasteiger partial charge < -0.3 is 18.8 Å². The number of para-hydroxylation sites is 1. The van der Waals surface area contributed by atoms with Crippen LogP contribution in [-0.4, -0.2) is 43.7 Å². The third kappa shape index (κ3) is 6.14. The van der Waals surface area contributed by atoms with Crippen molar-refractivity contribution in [3.05, 3.63) is 99.7 Å². The summed E-state index contributed by atoms with van der Waals surface area (Å²) in [5, 5.41) is 0.376. The highest BCUT2D eigenvalue weighted by Gasteiger charge is 2.19. The lowest BCUT2D eigenvalue weighted by Gasteiger charge is -2.28. The number of rotatable bonds is 11. The summed E-state index contributed by atoms with van der Waals surface area (Å²) in [6.07, 6.45) is 1.63. The van der Waals surface area contributed by atoms with Crippen molar-refractivity contribution in [1.29, 1.82) is 0 Å². The fourth-order valence-electron chi connectivity index (χ4n) is 4.77. The second kappa shape index (κ2) is 12.6. The highest BCUT2D eigenvalue weighted by atomic mass is 16.5. The fourth-order valence-corrected chi connectivity index (χ4v) is 4.77. The zero-order valence-corrected chi connectivity index (χ0v) is 22.5. The Morgan fingerprint density at radius 3 is 2.42 bits per heavy atom. The number of likely N-dealkylation sites (N-methyl/N-ethyl adjacent to an activating group) is 1. The minimum Gasteiger partial charge on any atom is -0.497 e. The summed E-state index contributed by atoms with van der Waals surface area (Å²) in [5.41, 5.74) is 2.93. The SMILES string of the molecule is CCN(CCCOC(=O)c1cccc2c(=O)c(C)c(-c3ccccc3)oc12)C(C)Cc1ccc(OC)cc1. The average molecular weight is 514 g/mol. The maximum atomic E-state index is 13.1. The highest BCUT2D eigenvalue weighted by molar-refractivity contribution is 6.02. The molecule has 0 fully saturated rings. The van der Waals surface area contributed by atoms with Crippen molar-refractivity contribution in [1.82, 2.24) is 4.90 Å². The van der Waals surface area contributed by atoms with Crippen molar-refractivity contribution in [3.63, 3.8) is 0 Å². The van der Waals surface area contributed by atoms with Crippen molar-refractivity contribution in [2.75, 3.05) is 26.8 Å². The quantitative estimate of drug-likeness (QED) is 0.174. The van der Waals surface area contributed by atoms with E-state index in [2.05, 4.69) is 30.9 Å². The number of carbonyl (C=O) groups excluding carboxylic acids is 1. The number of nitrogens with zero attached hydrogens (tertiary/aromatic N) is 1. The molecule has 0 spiro atoms. The molecule has 6 nitrogen and oxygen atoms in total. The normalized spacial score (nSPS) is 12.0. The Labute approximate surface area is 223 Å². The molecule has 4 aromatic rings. The Balaban J connectivity index is 1.41. The Hall–Kier alpha value is -3.90. The van der Waals surface area contributed by atoms with Crippen LogP contribution in [0.1, 0.15) is 41.8 Å². The van der Waals surface area contributed by atoms with E-state index in [0.29, 0.717) is 29.2 Å². The van der Waals surface area contributed by atoms with Crippen LogP contribution in [0.3, 0.4) is 0 Å². The van der Waals surface area contributed by atoms with Crippen molar-refractivity contribution in [2.45, 2.75) is 39.7 Å². The van der Waals surface area contributed by atoms with Gasteiger partial charge in [-0.05, 0) is 63.1 Å². The molecule has 0 N–H and O–H groups in total. The molecule has 0 amide bonds. The van der Waals surface area contributed by atoms with Crippen molar-refractivity contribution >= 4 is 16.9 Å². The molecule has 1 atom stereocenters. The molecule has 0 radical (unpaired) electrons. The molecule has 3 aromatic carbocycles. The van der Waals surface area contributed by atoms with Gasteiger partial charge in [0.2, 0.25) is 0 Å². The first-order chi connectivity index (χ1) is 18.4. The largest absolute Gasteiger partial charge is 0.497 e. The number of fused-ring (bicyclic) bond motifs is 1. The second-order valence-corrected chi connectivity index (χ2v) is 9.45. The van der Waals surface area contributed by atoms with Gasteiger partial charge in [-0.2, -0.15) is 0 Å². The molecule has 38 heavy (non-hydrogen) atoms. The molecule has 1 unspecified atom stereocenters. The summed E-state index contributed by atoms with van der Waals surface area (Å²) in [7, 11) is 1.67. The summed E-state index contributed by atoms with van der Waals surface area (Å²) in [5.74, 6) is 0.830. The summed E-state index contributed by atoms with van der Waals surface area (Å²) < 4.78 is 17.0. The van der Waals surface area contributed by atoms with E-state index in [1.54, 1.807) is 32.2 Å². The third-order valence-electron chi connectivity index (χ3n) is 6.94. The molecule has 0 aliphatic heterocycles. The predicted molar refractivity (Wildman–Crippen MR) is 151 cm³/mol. The van der Waals surface area contributed by atoms with Crippen LogP contribution in [0.4, 0.5) is 0 Å². The van der Waals surface area contributed by atoms with E-state index >= 15 is 0 Å². The number of methoxy groups -OCH3 is 1. The van der Waals surface area contributed by atoms with Gasteiger partial charge in [-0.1, -0.05) is 55.5 Å². The molecule has 0 saturated carbocycles. The number of ether oxygens (including phenoxy) is 2. The van der Waals surface area contributed by atoms with E-state index in [0.717, 1.165) is 30.8 Å². The first-order valence-electron chi connectivity index (χ1n) is 13.1. The maximum Gasteiger partial charge on any atom is 0.341 e. The smallest absolute Gasteiger partial charge is 0.341 e. The fraction of sp³-hybridized carbons (Fsp3) is 0.312. The Bertz CT molecular complexity index is 1430. The molecule has 1 heterocycles. The van der Waals surface area contributed by atoms with Gasteiger partial charge >= 0.3 is 5.97 Å². The van der Waals surface area contributed by atoms with Gasteiger partial charge in [0.1, 0.15) is 17.1 Å². The maximum absolute atomic E-state index is 13.1. The minimum atomic E-state index is -0.490. The van der Waals surface area contributed by atoms with E-state index in [1.807, 2.05) is 42.5 Å². The molecule has 4 rings (SSSR count). The van der Waals surface area contributed by atoms with E-state index in [4.69, 9.17) is 13.9 Å². The van der Waals surface area contributed by atoms with Gasteiger partial charge in [0.05, 0.1) is 19.1 Å². The van der Waals surface area contributed by atoms with Crippen molar-refractivity contribution in [3.8, 4) is 17.1 Å². The zero-order chi connectivity index (χ0) is 27.1. The number of esters is 1. The minimum absolute atomic E-state index is 0.149. The lowest BCUT2D eigenvalue weighted by molar-refractivity contribution is 0.0484. The van der Waals surface area contributed by atoms with Crippen LogP contribution in [0.2, 0.25) is 0 Å². The van der Waals surface area contributed by atoms with E-state index in [9.17, 15) is 9.59 Å². The van der Waals surface area contributed by atoms with Crippen molar-refractivity contribution in [2.24, 2.45) is 0 Å². The number of hydrogen-bond acceptors (Lipinski definition) is 6. The Morgan fingerprint density at radius 2 is 1.74 bits per heavy atom. The molecule has 0 saturated heterocycles. The van der Waals surface area contributed by atoms with Crippen LogP contribution in [-0.2, 0) is 11.2 Å². The number of hydrogen-bond donors (Lipinski definition) is 0. The van der Waals surface area contributed by atoms with Gasteiger partial charge in [0.25, 0.3) is 0 Å². The molecule has 0 bridgehead atoms. The van der Waals surface area contributed by atoms with Crippen molar-refractivity contribution < 1.29 is 18.7 Å². The van der Waals surface area contributed by atoms with E-state index < -0.39 is 5.97 Å². The Kier molecular flexibility index (Phi) is 8.98. The van der Waals surface area contributed by atoms with Gasteiger partial charge in [-0.15, -0.1) is 0 Å². The second-order valence-electron chi connectivity index (χ2n) is 9.45. The number of carbonyl (C=O) groups is 1. The summed E-state index contributed by atoms with van der Waals surface area (Å²) >= 11 is 0. The summed E-state index contributed by atoms with van der Waals surface area (Å²) in [6.45, 7) is 8.09.